The summed E-state index contributed by atoms with van der Waals surface area (Å²) in [6.07, 6.45) is 1.02. The molecule has 2 N–H and O–H groups in total. The Labute approximate surface area is 79.3 Å². The number of hydrogen-bond donors (Lipinski definition) is 2. The number of methoxy groups -OCH3 is 1. The van der Waals surface area contributed by atoms with Gasteiger partial charge in [0.05, 0.1) is 13.2 Å². The number of carbonyl (C=O) groups excluding carboxylic acids is 1. The Morgan fingerprint density at radius 3 is 2.62 bits per heavy atom. The van der Waals surface area contributed by atoms with E-state index in [2.05, 4.69) is 10.1 Å². The third-order valence-electron chi connectivity index (χ3n) is 1.85. The maximum atomic E-state index is 11.1. The molecule has 0 fully saturated rings. The molecule has 0 aliphatic carbocycles. The van der Waals surface area contributed by atoms with Crippen molar-refractivity contribution in [3.63, 3.8) is 0 Å². The molecule has 4 nitrogen and oxygen atoms in total. The molecule has 0 radical (unpaired) electrons. The van der Waals surface area contributed by atoms with E-state index in [0.29, 0.717) is 19.4 Å². The van der Waals surface area contributed by atoms with Gasteiger partial charge in [0, 0.05) is 0 Å². The molecule has 0 saturated carbocycles. The maximum absolute atomic E-state index is 11.1. The molecule has 0 aromatic heterocycles. The Morgan fingerprint density at radius 1 is 1.62 bits per heavy atom. The van der Waals surface area contributed by atoms with Crippen LogP contribution in [0, 0.1) is 0 Å². The average Bonchev–Trinajstić information content (AvgIpc) is 2.11. The third kappa shape index (κ3) is 5.60. The van der Waals surface area contributed by atoms with Crippen LogP contribution in [-0.4, -0.2) is 36.9 Å². The van der Waals surface area contributed by atoms with Crippen molar-refractivity contribution in [3.8, 4) is 0 Å². The zero-order valence-electron chi connectivity index (χ0n) is 8.54. The summed E-state index contributed by atoms with van der Waals surface area (Å²) < 4.78 is 4.60. The summed E-state index contributed by atoms with van der Waals surface area (Å²) in [5, 5.41) is 12.0. The molecular weight excluding hydrogens is 170 g/mol. The summed E-state index contributed by atoms with van der Waals surface area (Å²) in [5.74, 6) is -0.243. The number of aliphatic hydroxyl groups excluding tert-OH is 1. The second kappa shape index (κ2) is 6.86. The highest BCUT2D eigenvalue weighted by Crippen LogP contribution is 1.95. The van der Waals surface area contributed by atoms with Crippen LogP contribution in [0.5, 0.6) is 0 Å². The normalized spacial score (nSPS) is 15.1. The third-order valence-corrected chi connectivity index (χ3v) is 1.85. The molecule has 0 aromatic carbocycles. The lowest BCUT2D eigenvalue weighted by molar-refractivity contribution is -0.143. The van der Waals surface area contributed by atoms with Crippen LogP contribution in [0.25, 0.3) is 0 Å². The van der Waals surface area contributed by atoms with Gasteiger partial charge in [-0.05, 0) is 26.3 Å². The predicted octanol–water partition coefficient (Wildman–Crippen LogP) is 0.298. The molecule has 2 unspecified atom stereocenters. The van der Waals surface area contributed by atoms with Crippen LogP contribution >= 0.6 is 0 Å². The van der Waals surface area contributed by atoms with Gasteiger partial charge in [0.15, 0.2) is 0 Å². The van der Waals surface area contributed by atoms with Gasteiger partial charge in [-0.2, -0.15) is 0 Å². The van der Waals surface area contributed by atoms with Gasteiger partial charge in [-0.3, -0.25) is 4.79 Å². The molecule has 0 aromatic rings. The first-order chi connectivity index (χ1) is 6.11. The fourth-order valence-electron chi connectivity index (χ4n) is 1.00. The van der Waals surface area contributed by atoms with Crippen LogP contribution in [-0.2, 0) is 9.53 Å². The first kappa shape index (κ1) is 12.4. The van der Waals surface area contributed by atoms with Crippen molar-refractivity contribution < 1.29 is 14.6 Å². The Kier molecular flexibility index (Phi) is 6.54. The maximum Gasteiger partial charge on any atom is 0.322 e. The SMILES string of the molecule is CCC(NCCC(C)O)C(=O)OC. The van der Waals surface area contributed by atoms with Crippen LogP contribution in [0.4, 0.5) is 0 Å². The van der Waals surface area contributed by atoms with Crippen LogP contribution < -0.4 is 5.32 Å². The zero-order valence-corrected chi connectivity index (χ0v) is 8.54. The number of nitrogens with one attached hydrogen (secondary N) is 1. The minimum absolute atomic E-state index is 0.243. The minimum atomic E-state index is -0.331. The van der Waals surface area contributed by atoms with Gasteiger partial charge in [-0.15, -0.1) is 0 Å². The van der Waals surface area contributed by atoms with Crippen LogP contribution in [0.2, 0.25) is 0 Å². The first-order valence-corrected chi connectivity index (χ1v) is 4.61. The van der Waals surface area contributed by atoms with Gasteiger partial charge in [0.1, 0.15) is 6.04 Å². The van der Waals surface area contributed by atoms with Gasteiger partial charge in [-0.1, -0.05) is 6.92 Å². The standard InChI is InChI=1S/C9H19NO3/c1-4-8(9(12)13-3)10-6-5-7(2)11/h7-8,10-11H,4-6H2,1-3H3. The summed E-state index contributed by atoms with van der Waals surface area (Å²) in [7, 11) is 1.38. The molecule has 78 valence electrons. The fraction of sp³-hybridized carbons (Fsp3) is 0.889. The van der Waals surface area contributed by atoms with Crippen molar-refractivity contribution >= 4 is 5.97 Å². The van der Waals surface area contributed by atoms with E-state index in [4.69, 9.17) is 5.11 Å². The largest absolute Gasteiger partial charge is 0.468 e. The monoisotopic (exact) mass is 189 g/mol. The average molecular weight is 189 g/mol. The highest BCUT2D eigenvalue weighted by Gasteiger charge is 2.15. The number of ether oxygens (including phenoxy) is 1. The van der Waals surface area contributed by atoms with Gasteiger partial charge >= 0.3 is 5.97 Å². The molecule has 13 heavy (non-hydrogen) atoms. The van der Waals surface area contributed by atoms with E-state index < -0.39 is 0 Å². The van der Waals surface area contributed by atoms with Crippen molar-refractivity contribution in [1.29, 1.82) is 0 Å². The molecular formula is C9H19NO3. The predicted molar refractivity (Wildman–Crippen MR) is 50.4 cm³/mol. The molecule has 2 atom stereocenters. The summed E-state index contributed by atoms with van der Waals surface area (Å²) in [6.45, 7) is 4.27. The molecule has 0 rings (SSSR count). The molecule has 0 heterocycles. The molecule has 0 spiro atoms. The smallest absolute Gasteiger partial charge is 0.322 e. The van der Waals surface area contributed by atoms with Gasteiger partial charge in [0.25, 0.3) is 0 Å². The molecule has 0 amide bonds. The summed E-state index contributed by atoms with van der Waals surface area (Å²) in [5.41, 5.74) is 0. The minimum Gasteiger partial charge on any atom is -0.468 e. The Morgan fingerprint density at radius 2 is 2.23 bits per heavy atom. The van der Waals surface area contributed by atoms with Crippen molar-refractivity contribution in [3.05, 3.63) is 0 Å². The Hall–Kier alpha value is -0.610. The van der Waals surface area contributed by atoms with Gasteiger partial charge in [0.2, 0.25) is 0 Å². The van der Waals surface area contributed by atoms with Crippen molar-refractivity contribution in [1.82, 2.24) is 5.32 Å². The number of carbonyl (C=O) groups is 1. The molecule has 4 heteroatoms. The highest BCUT2D eigenvalue weighted by atomic mass is 16.5. The van der Waals surface area contributed by atoms with E-state index in [0.717, 1.165) is 0 Å². The quantitative estimate of drug-likeness (QED) is 0.590. The van der Waals surface area contributed by atoms with Crippen LogP contribution in [0.3, 0.4) is 0 Å². The Bertz CT molecular complexity index is 148. The fourth-order valence-corrected chi connectivity index (χ4v) is 1.00. The summed E-state index contributed by atoms with van der Waals surface area (Å²) in [4.78, 5) is 11.1. The van der Waals surface area contributed by atoms with Gasteiger partial charge < -0.3 is 15.2 Å². The lowest BCUT2D eigenvalue weighted by Crippen LogP contribution is -2.38. The highest BCUT2D eigenvalue weighted by molar-refractivity contribution is 5.75. The number of hydrogen-bond acceptors (Lipinski definition) is 4. The molecule has 0 aliphatic heterocycles. The number of esters is 1. The number of aliphatic hydroxyl groups is 1. The topological polar surface area (TPSA) is 58.6 Å². The lowest BCUT2D eigenvalue weighted by Gasteiger charge is -2.14. The number of rotatable bonds is 6. The molecule has 0 saturated heterocycles. The summed E-state index contributed by atoms with van der Waals surface area (Å²) in [6, 6.07) is -0.247. The zero-order chi connectivity index (χ0) is 10.3. The second-order valence-corrected chi connectivity index (χ2v) is 3.08. The second-order valence-electron chi connectivity index (χ2n) is 3.08. The summed E-state index contributed by atoms with van der Waals surface area (Å²) >= 11 is 0. The molecule has 0 aliphatic rings. The van der Waals surface area contributed by atoms with Crippen molar-refractivity contribution in [2.75, 3.05) is 13.7 Å². The van der Waals surface area contributed by atoms with E-state index in [9.17, 15) is 4.79 Å². The van der Waals surface area contributed by atoms with E-state index in [1.807, 2.05) is 6.92 Å². The Balaban J connectivity index is 3.66. The first-order valence-electron chi connectivity index (χ1n) is 4.61. The van der Waals surface area contributed by atoms with Crippen LogP contribution in [0.1, 0.15) is 26.7 Å². The van der Waals surface area contributed by atoms with Crippen molar-refractivity contribution in [2.24, 2.45) is 0 Å². The van der Waals surface area contributed by atoms with Gasteiger partial charge in [-0.25, -0.2) is 0 Å². The van der Waals surface area contributed by atoms with E-state index in [-0.39, 0.29) is 18.1 Å². The molecule has 0 bridgehead atoms. The van der Waals surface area contributed by atoms with E-state index >= 15 is 0 Å². The lowest BCUT2D eigenvalue weighted by atomic mass is 10.2. The van der Waals surface area contributed by atoms with E-state index in [1.54, 1.807) is 6.92 Å². The van der Waals surface area contributed by atoms with E-state index in [1.165, 1.54) is 7.11 Å². The van der Waals surface area contributed by atoms with Crippen LogP contribution in [0.15, 0.2) is 0 Å². The van der Waals surface area contributed by atoms with Crippen molar-refractivity contribution in [2.45, 2.75) is 38.8 Å².